The maximum atomic E-state index is 13.1. The van der Waals surface area contributed by atoms with Gasteiger partial charge >= 0.3 is 6.18 Å². The number of anilines is 1. The first-order valence-electron chi connectivity index (χ1n) is 8.91. The third kappa shape index (κ3) is 4.77. The van der Waals surface area contributed by atoms with Gasteiger partial charge in [-0.25, -0.2) is 0 Å². The quantitative estimate of drug-likeness (QED) is 0.684. The smallest absolute Gasteiger partial charge is 0.418 e. The van der Waals surface area contributed by atoms with E-state index >= 15 is 0 Å². The molecule has 0 aliphatic carbocycles. The van der Waals surface area contributed by atoms with Crippen LogP contribution >= 0.6 is 0 Å². The van der Waals surface area contributed by atoms with Gasteiger partial charge in [-0.15, -0.1) is 0 Å². The first-order valence-corrected chi connectivity index (χ1v) is 8.91. The number of rotatable bonds is 5. The van der Waals surface area contributed by atoms with Crippen LogP contribution < -0.4 is 15.6 Å². The molecule has 0 aliphatic heterocycles. The number of alkyl halides is 3. The van der Waals surface area contributed by atoms with E-state index in [1.165, 1.54) is 24.4 Å². The Morgan fingerprint density at radius 2 is 1.86 bits per heavy atom. The average Bonchev–Trinajstić information content (AvgIpc) is 2.63. The lowest BCUT2D eigenvalue weighted by atomic mass is 10.1. The Kier molecular flexibility index (Phi) is 5.63. The van der Waals surface area contributed by atoms with Crippen LogP contribution in [0.2, 0.25) is 0 Å². The van der Waals surface area contributed by atoms with Crippen molar-refractivity contribution in [3.8, 4) is 5.75 Å². The molecular formula is C21H19F3N2O3. The van der Waals surface area contributed by atoms with Crippen LogP contribution in [0.5, 0.6) is 5.75 Å². The topological polar surface area (TPSA) is 60.3 Å². The third-order valence-electron chi connectivity index (χ3n) is 4.14. The molecule has 8 heteroatoms. The minimum absolute atomic E-state index is 0.0175. The van der Waals surface area contributed by atoms with E-state index in [0.29, 0.717) is 16.5 Å². The maximum absolute atomic E-state index is 13.1. The third-order valence-corrected chi connectivity index (χ3v) is 4.14. The molecule has 0 atom stereocenters. The highest BCUT2D eigenvalue weighted by Gasteiger charge is 2.33. The highest BCUT2D eigenvalue weighted by atomic mass is 19.4. The second-order valence-corrected chi connectivity index (χ2v) is 6.76. The number of ether oxygens (including phenoxy) is 1. The van der Waals surface area contributed by atoms with E-state index in [-0.39, 0.29) is 11.8 Å². The largest absolute Gasteiger partial charge is 0.491 e. The van der Waals surface area contributed by atoms with E-state index in [4.69, 9.17) is 4.74 Å². The van der Waals surface area contributed by atoms with Crippen molar-refractivity contribution >= 4 is 22.4 Å². The molecule has 3 rings (SSSR count). The number of aromatic nitrogens is 1. The summed E-state index contributed by atoms with van der Waals surface area (Å²) < 4.78 is 45.9. The molecule has 2 aromatic carbocycles. The van der Waals surface area contributed by atoms with Gasteiger partial charge in [0.25, 0.3) is 5.56 Å². The summed E-state index contributed by atoms with van der Waals surface area (Å²) >= 11 is 0. The predicted octanol–water partition coefficient (Wildman–Crippen LogP) is 4.45. The van der Waals surface area contributed by atoms with E-state index in [1.807, 2.05) is 13.8 Å². The van der Waals surface area contributed by atoms with Gasteiger partial charge in [0.05, 0.1) is 17.4 Å². The van der Waals surface area contributed by atoms with Gasteiger partial charge < -0.3 is 14.6 Å². The van der Waals surface area contributed by atoms with Crippen molar-refractivity contribution in [1.82, 2.24) is 4.57 Å². The molecule has 3 aromatic rings. The second-order valence-electron chi connectivity index (χ2n) is 6.76. The molecule has 1 amide bonds. The first-order chi connectivity index (χ1) is 13.6. The van der Waals surface area contributed by atoms with Gasteiger partial charge in [-0.2, -0.15) is 13.2 Å². The molecular weight excluding hydrogens is 385 g/mol. The standard InChI is InChI=1S/C21H19F3N2O3/c1-13(2)29-15-7-8-16-14(11-15)9-10-26(20(16)28)12-19(27)25-18-6-4-3-5-17(18)21(22,23)24/h3-11,13H,12H2,1-2H3,(H,25,27). The summed E-state index contributed by atoms with van der Waals surface area (Å²) in [6, 6.07) is 11.3. The number of fused-ring (bicyclic) bond motifs is 1. The minimum atomic E-state index is -4.60. The molecule has 0 radical (unpaired) electrons. The number of halogens is 3. The van der Waals surface area contributed by atoms with Crippen LogP contribution in [-0.4, -0.2) is 16.6 Å². The van der Waals surface area contributed by atoms with E-state index in [2.05, 4.69) is 5.32 Å². The Hall–Kier alpha value is -3.29. The lowest BCUT2D eigenvalue weighted by molar-refractivity contribution is -0.137. The Bertz CT molecular complexity index is 1100. The zero-order valence-electron chi connectivity index (χ0n) is 15.8. The normalized spacial score (nSPS) is 11.7. The molecule has 0 saturated carbocycles. The maximum Gasteiger partial charge on any atom is 0.418 e. The van der Waals surface area contributed by atoms with Gasteiger partial charge in [-0.3, -0.25) is 9.59 Å². The number of para-hydroxylation sites is 1. The molecule has 5 nitrogen and oxygen atoms in total. The predicted molar refractivity (Wildman–Crippen MR) is 104 cm³/mol. The molecule has 0 spiro atoms. The molecule has 152 valence electrons. The first kappa shape index (κ1) is 20.4. The molecule has 0 fully saturated rings. The number of nitrogens with zero attached hydrogens (tertiary/aromatic N) is 1. The van der Waals surface area contributed by atoms with Crippen molar-refractivity contribution in [2.24, 2.45) is 0 Å². The van der Waals surface area contributed by atoms with Crippen LogP contribution in [0.25, 0.3) is 10.8 Å². The Morgan fingerprint density at radius 1 is 1.14 bits per heavy atom. The van der Waals surface area contributed by atoms with Crippen LogP contribution in [0.15, 0.2) is 59.5 Å². The number of hydrogen-bond acceptors (Lipinski definition) is 3. The lowest BCUT2D eigenvalue weighted by Crippen LogP contribution is -2.28. The number of carbonyl (C=O) groups is 1. The van der Waals surface area contributed by atoms with Crippen molar-refractivity contribution in [1.29, 1.82) is 0 Å². The summed E-state index contributed by atoms with van der Waals surface area (Å²) in [6.07, 6.45) is -3.19. The number of carbonyl (C=O) groups excluding carboxylic acids is 1. The van der Waals surface area contributed by atoms with Gasteiger partial charge in [0, 0.05) is 11.6 Å². The van der Waals surface area contributed by atoms with Crippen molar-refractivity contribution in [2.75, 3.05) is 5.32 Å². The second kappa shape index (κ2) is 7.98. The zero-order valence-corrected chi connectivity index (χ0v) is 15.8. The zero-order chi connectivity index (χ0) is 21.2. The fourth-order valence-electron chi connectivity index (χ4n) is 2.92. The van der Waals surface area contributed by atoms with Crippen LogP contribution in [0, 0.1) is 0 Å². The molecule has 0 unspecified atom stereocenters. The van der Waals surface area contributed by atoms with Crippen molar-refractivity contribution in [2.45, 2.75) is 32.7 Å². The molecule has 0 aliphatic rings. The molecule has 29 heavy (non-hydrogen) atoms. The van der Waals surface area contributed by atoms with Gasteiger partial charge in [-0.05, 0) is 55.6 Å². The van der Waals surface area contributed by atoms with E-state index in [1.54, 1.807) is 24.3 Å². The Morgan fingerprint density at radius 3 is 2.55 bits per heavy atom. The van der Waals surface area contributed by atoms with E-state index in [0.717, 1.165) is 10.6 Å². The molecule has 1 heterocycles. The summed E-state index contributed by atoms with van der Waals surface area (Å²) in [5.41, 5.74) is -1.72. The number of pyridine rings is 1. The van der Waals surface area contributed by atoms with Crippen molar-refractivity contribution < 1.29 is 22.7 Å². The van der Waals surface area contributed by atoms with E-state index in [9.17, 15) is 22.8 Å². The molecule has 0 bridgehead atoms. The highest BCUT2D eigenvalue weighted by molar-refractivity contribution is 5.92. The summed E-state index contributed by atoms with van der Waals surface area (Å²) in [5.74, 6) is -0.117. The monoisotopic (exact) mass is 404 g/mol. The summed E-state index contributed by atoms with van der Waals surface area (Å²) in [6.45, 7) is 3.36. The minimum Gasteiger partial charge on any atom is -0.491 e. The highest BCUT2D eigenvalue weighted by Crippen LogP contribution is 2.34. The van der Waals surface area contributed by atoms with Crippen molar-refractivity contribution in [3.63, 3.8) is 0 Å². The summed E-state index contributed by atoms with van der Waals surface area (Å²) in [4.78, 5) is 24.9. The molecule has 1 aromatic heterocycles. The number of hydrogen-bond donors (Lipinski definition) is 1. The van der Waals surface area contributed by atoms with Crippen LogP contribution in [0.3, 0.4) is 0 Å². The Balaban J connectivity index is 1.83. The van der Waals surface area contributed by atoms with Crippen LogP contribution in [0.4, 0.5) is 18.9 Å². The summed E-state index contributed by atoms with van der Waals surface area (Å²) in [5, 5.41) is 3.26. The summed E-state index contributed by atoms with van der Waals surface area (Å²) in [7, 11) is 0. The van der Waals surface area contributed by atoms with Crippen LogP contribution in [-0.2, 0) is 17.5 Å². The fraction of sp³-hybridized carbons (Fsp3) is 0.238. The van der Waals surface area contributed by atoms with Crippen molar-refractivity contribution in [3.05, 3.63) is 70.6 Å². The lowest BCUT2D eigenvalue weighted by Gasteiger charge is -2.14. The average molecular weight is 404 g/mol. The fourth-order valence-corrected chi connectivity index (χ4v) is 2.92. The molecule has 0 saturated heterocycles. The van der Waals surface area contributed by atoms with Gasteiger partial charge in [0.2, 0.25) is 5.91 Å². The van der Waals surface area contributed by atoms with Gasteiger partial charge in [-0.1, -0.05) is 12.1 Å². The molecule has 1 N–H and O–H groups in total. The van der Waals surface area contributed by atoms with Gasteiger partial charge in [0.1, 0.15) is 12.3 Å². The SMILES string of the molecule is CC(C)Oc1ccc2c(=O)n(CC(=O)Nc3ccccc3C(F)(F)F)ccc2c1. The Labute approximate surface area is 164 Å². The van der Waals surface area contributed by atoms with Gasteiger partial charge in [0.15, 0.2) is 0 Å². The van der Waals surface area contributed by atoms with E-state index < -0.39 is 29.8 Å². The number of amides is 1. The number of benzene rings is 2. The van der Waals surface area contributed by atoms with Crippen LogP contribution in [0.1, 0.15) is 19.4 Å². The number of nitrogens with one attached hydrogen (secondary N) is 1.